The standard InChI is InChI=1S/C25H24N2O5.C24H24N2O5/c1-5-19-14(6-15-8-23-24(32-12-31-23)11-20(15)27-19)7-18-17-10-22(30-4)21(29-3)9-16(17)13(2)26-25(18)28;1-5-18-13(6-14-8-20(27)21(28)11-19(14)26-18)7-17-16-10-23(31-4)22(30-3)9-15(16)12(2)25-24(17)29/h6,8-11H,5,7,12H2,1-4H3,(H,26,28);6,8-11,27-28H,5,7H2,1-4H3,(H,25,29). The predicted octanol–water partition coefficient (Wildman–Crippen LogP) is 8.25. The normalized spacial score (nSPS) is 11.9. The maximum atomic E-state index is 13.0. The predicted molar refractivity (Wildman–Crippen MR) is 242 cm³/mol. The number of rotatable bonds is 10. The van der Waals surface area contributed by atoms with Gasteiger partial charge < -0.3 is 48.6 Å². The minimum absolute atomic E-state index is 0.116. The summed E-state index contributed by atoms with van der Waals surface area (Å²) in [6.07, 6.45) is 2.21. The van der Waals surface area contributed by atoms with Crippen molar-refractivity contribution in [2.24, 2.45) is 0 Å². The number of nitrogens with one attached hydrogen (secondary N) is 2. The summed E-state index contributed by atoms with van der Waals surface area (Å²) < 4.78 is 32.9. The van der Waals surface area contributed by atoms with Gasteiger partial charge in [0.25, 0.3) is 11.1 Å². The molecule has 4 N–H and O–H groups in total. The Morgan fingerprint density at radius 2 is 0.952 bits per heavy atom. The summed E-state index contributed by atoms with van der Waals surface area (Å²) in [5, 5.41) is 24.8. The van der Waals surface area contributed by atoms with E-state index in [1.807, 2.05) is 63.2 Å². The van der Waals surface area contributed by atoms with Crippen molar-refractivity contribution in [2.45, 2.75) is 53.4 Å². The fourth-order valence-corrected chi connectivity index (χ4v) is 8.33. The summed E-state index contributed by atoms with van der Waals surface area (Å²) >= 11 is 0. The number of benzene rings is 4. The summed E-state index contributed by atoms with van der Waals surface area (Å²) in [7, 11) is 6.34. The smallest absolute Gasteiger partial charge is 0.252 e. The van der Waals surface area contributed by atoms with Gasteiger partial charge in [-0.2, -0.15) is 0 Å². The highest BCUT2D eigenvalue weighted by molar-refractivity contribution is 5.92. The van der Waals surface area contributed by atoms with Crippen LogP contribution in [0.3, 0.4) is 0 Å². The highest BCUT2D eigenvalue weighted by Gasteiger charge is 2.21. The summed E-state index contributed by atoms with van der Waals surface area (Å²) in [5.74, 6) is 3.36. The van der Waals surface area contributed by atoms with Crippen LogP contribution in [-0.4, -0.2) is 65.4 Å². The summed E-state index contributed by atoms with van der Waals surface area (Å²) in [4.78, 5) is 41.4. The number of aromatic amines is 2. The van der Waals surface area contributed by atoms with E-state index in [4.69, 9.17) is 33.4 Å². The zero-order valence-corrected chi connectivity index (χ0v) is 36.4. The van der Waals surface area contributed by atoms with E-state index in [0.29, 0.717) is 75.8 Å². The first-order chi connectivity index (χ1) is 30.4. The first-order valence-corrected chi connectivity index (χ1v) is 20.5. The molecular formula is C49H48N4O10. The van der Waals surface area contributed by atoms with Gasteiger partial charge in [0.15, 0.2) is 46.0 Å². The molecule has 0 saturated carbocycles. The summed E-state index contributed by atoms with van der Waals surface area (Å²) in [6, 6.07) is 18.3. The van der Waals surface area contributed by atoms with E-state index in [1.165, 1.54) is 12.1 Å². The van der Waals surface area contributed by atoms with Crippen LogP contribution < -0.4 is 39.5 Å². The van der Waals surface area contributed by atoms with Gasteiger partial charge in [-0.3, -0.25) is 19.6 Å². The Bertz CT molecular complexity index is 3230. The van der Waals surface area contributed by atoms with Gasteiger partial charge in [0.05, 0.1) is 39.5 Å². The number of hydrogen-bond donors (Lipinski definition) is 4. The van der Waals surface area contributed by atoms with Crippen molar-refractivity contribution in [3.8, 4) is 46.0 Å². The van der Waals surface area contributed by atoms with Crippen LogP contribution in [-0.2, 0) is 25.7 Å². The Balaban J connectivity index is 0.000000173. The molecule has 4 aromatic heterocycles. The second kappa shape index (κ2) is 17.1. The Morgan fingerprint density at radius 3 is 1.40 bits per heavy atom. The zero-order valence-electron chi connectivity index (χ0n) is 36.4. The molecule has 14 heteroatoms. The first-order valence-electron chi connectivity index (χ1n) is 20.5. The quantitative estimate of drug-likeness (QED) is 0.0967. The van der Waals surface area contributed by atoms with Gasteiger partial charge in [0.1, 0.15) is 0 Å². The fourth-order valence-electron chi connectivity index (χ4n) is 8.33. The molecule has 0 bridgehead atoms. The van der Waals surface area contributed by atoms with Crippen molar-refractivity contribution in [3.05, 3.63) is 126 Å². The molecule has 0 spiro atoms. The second-order valence-electron chi connectivity index (χ2n) is 15.3. The number of phenolic OH excluding ortho intramolecular Hbond substituents is 2. The van der Waals surface area contributed by atoms with Crippen LogP contribution in [0.2, 0.25) is 0 Å². The summed E-state index contributed by atoms with van der Waals surface area (Å²) in [6.45, 7) is 8.01. The Labute approximate surface area is 362 Å². The zero-order chi connectivity index (χ0) is 44.7. The number of nitrogens with zero attached hydrogens (tertiary/aromatic N) is 2. The number of fused-ring (bicyclic) bond motifs is 5. The lowest BCUT2D eigenvalue weighted by Gasteiger charge is -2.15. The molecule has 1 aliphatic heterocycles. The fraction of sp³-hybridized carbons (Fsp3) is 0.265. The average molecular weight is 853 g/mol. The minimum Gasteiger partial charge on any atom is -0.504 e. The molecule has 8 aromatic rings. The SMILES string of the molecule is CCc1nc2cc(O)c(O)cc2cc1Cc1c(=O)[nH]c(C)c2cc(OC)c(OC)cc12.CCc1nc2cc3c(cc2cc1Cc1c(=O)[nH]c(C)c2cc(OC)c(OC)cc12)OCO3. The topological polar surface area (TPSA) is 187 Å². The number of phenols is 2. The lowest BCUT2D eigenvalue weighted by atomic mass is 9.96. The maximum absolute atomic E-state index is 13.0. The third kappa shape index (κ3) is 7.84. The van der Waals surface area contributed by atoms with Crippen LogP contribution in [0.4, 0.5) is 0 Å². The van der Waals surface area contributed by atoms with Crippen molar-refractivity contribution < 1.29 is 38.6 Å². The average Bonchev–Trinajstić information content (AvgIpc) is 3.74. The highest BCUT2D eigenvalue weighted by atomic mass is 16.7. The number of aryl methyl sites for hydroxylation is 4. The second-order valence-corrected chi connectivity index (χ2v) is 15.3. The van der Waals surface area contributed by atoms with E-state index in [2.05, 4.69) is 27.9 Å². The van der Waals surface area contributed by atoms with Crippen molar-refractivity contribution in [1.29, 1.82) is 0 Å². The first kappa shape index (κ1) is 42.2. The lowest BCUT2D eigenvalue weighted by Crippen LogP contribution is -2.16. The Kier molecular flexibility index (Phi) is 11.5. The molecule has 324 valence electrons. The van der Waals surface area contributed by atoms with Crippen molar-refractivity contribution >= 4 is 43.4 Å². The highest BCUT2D eigenvalue weighted by Crippen LogP contribution is 2.39. The van der Waals surface area contributed by atoms with Crippen LogP contribution in [0.15, 0.2) is 70.3 Å². The molecule has 9 rings (SSSR count). The number of aromatic hydroxyl groups is 2. The van der Waals surface area contributed by atoms with Gasteiger partial charge in [-0.15, -0.1) is 0 Å². The molecule has 0 unspecified atom stereocenters. The molecule has 0 fully saturated rings. The molecule has 1 aliphatic rings. The van der Waals surface area contributed by atoms with Gasteiger partial charge >= 0.3 is 0 Å². The minimum atomic E-state index is -0.211. The van der Waals surface area contributed by atoms with E-state index in [1.54, 1.807) is 28.4 Å². The van der Waals surface area contributed by atoms with Gasteiger partial charge in [0, 0.05) is 80.4 Å². The van der Waals surface area contributed by atoms with Gasteiger partial charge in [0.2, 0.25) is 6.79 Å². The van der Waals surface area contributed by atoms with Crippen molar-refractivity contribution in [3.63, 3.8) is 0 Å². The van der Waals surface area contributed by atoms with E-state index in [9.17, 15) is 19.8 Å². The van der Waals surface area contributed by atoms with E-state index < -0.39 is 0 Å². The summed E-state index contributed by atoms with van der Waals surface area (Å²) in [5.41, 5.74) is 7.61. The monoisotopic (exact) mass is 852 g/mol. The molecule has 0 atom stereocenters. The van der Waals surface area contributed by atoms with Crippen LogP contribution in [0, 0.1) is 13.8 Å². The molecule has 63 heavy (non-hydrogen) atoms. The third-order valence-corrected chi connectivity index (χ3v) is 11.6. The molecule has 14 nitrogen and oxygen atoms in total. The van der Waals surface area contributed by atoms with Crippen molar-refractivity contribution in [1.82, 2.24) is 19.9 Å². The molecule has 0 saturated heterocycles. The number of hydrogen-bond acceptors (Lipinski definition) is 12. The number of aromatic nitrogens is 4. The Morgan fingerprint density at radius 1 is 0.556 bits per heavy atom. The molecule has 4 aromatic carbocycles. The van der Waals surface area contributed by atoms with Crippen LogP contribution in [0.1, 0.15) is 58.9 Å². The van der Waals surface area contributed by atoms with Crippen molar-refractivity contribution in [2.75, 3.05) is 35.2 Å². The molecule has 0 radical (unpaired) electrons. The van der Waals surface area contributed by atoms with Crippen LogP contribution in [0.5, 0.6) is 46.0 Å². The Hall–Kier alpha value is -7.48. The van der Waals surface area contributed by atoms with E-state index >= 15 is 0 Å². The number of H-pyrrole nitrogens is 2. The number of ether oxygens (including phenoxy) is 6. The van der Waals surface area contributed by atoms with Gasteiger partial charge in [-0.25, -0.2) is 0 Å². The third-order valence-electron chi connectivity index (χ3n) is 11.6. The number of pyridine rings is 4. The maximum Gasteiger partial charge on any atom is 0.252 e. The molecule has 5 heterocycles. The molecule has 0 aliphatic carbocycles. The van der Waals surface area contributed by atoms with Crippen LogP contribution >= 0.6 is 0 Å². The molecular weight excluding hydrogens is 805 g/mol. The van der Waals surface area contributed by atoms with E-state index in [0.717, 1.165) is 72.8 Å². The van der Waals surface area contributed by atoms with Crippen LogP contribution in [0.25, 0.3) is 43.4 Å². The van der Waals surface area contributed by atoms with Gasteiger partial charge in [-0.05, 0) is 97.1 Å². The number of methoxy groups -OCH3 is 4. The lowest BCUT2D eigenvalue weighted by molar-refractivity contribution is 0.174. The van der Waals surface area contributed by atoms with E-state index in [-0.39, 0.29) is 29.4 Å². The van der Waals surface area contributed by atoms with Gasteiger partial charge in [-0.1, -0.05) is 13.8 Å². The molecule has 0 amide bonds. The largest absolute Gasteiger partial charge is 0.504 e.